The van der Waals surface area contributed by atoms with Crippen LogP contribution in [-0.2, 0) is 20.7 Å². The fraction of sp³-hybridized carbons (Fsp3) is 0.385. The molecular weight excluding hydrogens is 256 g/mol. The molecule has 0 bridgehead atoms. The Morgan fingerprint density at radius 1 is 1.50 bits per heavy atom. The third-order valence-electron chi connectivity index (χ3n) is 3.15. The Morgan fingerprint density at radius 2 is 2.17 bits per heavy atom. The second-order valence-electron chi connectivity index (χ2n) is 4.51. The maximum absolute atomic E-state index is 12.0. The number of methoxy groups -OCH3 is 1. The van der Waals surface area contributed by atoms with Gasteiger partial charge in [0.05, 0.1) is 17.7 Å². The van der Waals surface area contributed by atoms with E-state index >= 15 is 0 Å². The van der Waals surface area contributed by atoms with Crippen LogP contribution >= 0.6 is 11.6 Å². The fourth-order valence-electron chi connectivity index (χ4n) is 2.13. The molecule has 96 valence electrons. The molecule has 0 spiro atoms. The first-order valence-corrected chi connectivity index (χ1v) is 5.86. The van der Waals surface area contributed by atoms with E-state index in [1.54, 1.807) is 13.0 Å². The van der Waals surface area contributed by atoms with Crippen molar-refractivity contribution in [3.8, 4) is 0 Å². The van der Waals surface area contributed by atoms with Crippen molar-refractivity contribution in [2.45, 2.75) is 25.9 Å². The number of rotatable bonds is 1. The van der Waals surface area contributed by atoms with Gasteiger partial charge in [0, 0.05) is 6.42 Å². The van der Waals surface area contributed by atoms with Crippen molar-refractivity contribution in [3.63, 3.8) is 0 Å². The van der Waals surface area contributed by atoms with Crippen molar-refractivity contribution in [2.24, 2.45) is 0 Å². The van der Waals surface area contributed by atoms with Gasteiger partial charge in [-0.1, -0.05) is 17.7 Å². The summed E-state index contributed by atoms with van der Waals surface area (Å²) in [7, 11) is 1.27. The fourth-order valence-corrected chi connectivity index (χ4v) is 2.38. The largest absolute Gasteiger partial charge is 0.466 e. The molecule has 1 aromatic carbocycles. The normalized spacial score (nSPS) is 22.1. The molecule has 0 radical (unpaired) electrons. The number of ether oxygens (including phenoxy) is 2. The van der Waals surface area contributed by atoms with E-state index in [2.05, 4.69) is 4.74 Å². The molecule has 1 atom stereocenters. The molecule has 0 fully saturated rings. The Labute approximate surface area is 110 Å². The summed E-state index contributed by atoms with van der Waals surface area (Å²) in [6.45, 7) is 3.41. The Balaban J connectivity index is 2.55. The minimum absolute atomic E-state index is 0.271. The van der Waals surface area contributed by atoms with E-state index in [4.69, 9.17) is 16.3 Å². The lowest BCUT2D eigenvalue weighted by atomic mass is 9.87. The van der Waals surface area contributed by atoms with Crippen molar-refractivity contribution >= 4 is 23.5 Å². The van der Waals surface area contributed by atoms with Gasteiger partial charge < -0.3 is 9.47 Å². The maximum atomic E-state index is 12.0. The lowest BCUT2D eigenvalue weighted by Gasteiger charge is -2.32. The van der Waals surface area contributed by atoms with E-state index in [9.17, 15) is 9.59 Å². The number of cyclic esters (lactones) is 1. The van der Waals surface area contributed by atoms with Crippen molar-refractivity contribution in [1.82, 2.24) is 0 Å². The number of hydrogen-bond acceptors (Lipinski definition) is 4. The van der Waals surface area contributed by atoms with Gasteiger partial charge in [0.25, 0.3) is 0 Å². The summed E-state index contributed by atoms with van der Waals surface area (Å²) in [5.41, 5.74) is 0.708. The van der Waals surface area contributed by atoms with Gasteiger partial charge in [-0.15, -0.1) is 0 Å². The third-order valence-corrected chi connectivity index (χ3v) is 3.46. The highest BCUT2D eigenvalue weighted by molar-refractivity contribution is 6.34. The summed E-state index contributed by atoms with van der Waals surface area (Å²) < 4.78 is 9.87. The van der Waals surface area contributed by atoms with E-state index in [0.717, 1.165) is 11.1 Å². The number of esters is 2. The first-order valence-electron chi connectivity index (χ1n) is 5.49. The smallest absolute Gasteiger partial charge is 0.350 e. The minimum Gasteiger partial charge on any atom is -0.466 e. The predicted molar refractivity (Wildman–Crippen MR) is 65.7 cm³/mol. The van der Waals surface area contributed by atoms with Crippen molar-refractivity contribution in [2.75, 3.05) is 7.11 Å². The quantitative estimate of drug-likeness (QED) is 0.734. The molecule has 0 aliphatic carbocycles. The van der Waals surface area contributed by atoms with Crippen LogP contribution in [0.1, 0.15) is 28.4 Å². The number of benzene rings is 1. The van der Waals surface area contributed by atoms with Gasteiger partial charge in [0.2, 0.25) is 5.60 Å². The van der Waals surface area contributed by atoms with Gasteiger partial charge in [-0.25, -0.2) is 9.59 Å². The average Bonchev–Trinajstić information content (AvgIpc) is 2.32. The zero-order valence-electron chi connectivity index (χ0n) is 10.4. The van der Waals surface area contributed by atoms with Gasteiger partial charge in [0.1, 0.15) is 0 Å². The maximum Gasteiger partial charge on any atom is 0.350 e. The zero-order valence-corrected chi connectivity index (χ0v) is 11.1. The first kappa shape index (κ1) is 12.9. The van der Waals surface area contributed by atoms with Crippen LogP contribution < -0.4 is 0 Å². The van der Waals surface area contributed by atoms with Gasteiger partial charge in [0.15, 0.2) is 0 Å². The Kier molecular flexibility index (Phi) is 3.07. The molecule has 1 aliphatic rings. The number of hydrogen-bond donors (Lipinski definition) is 0. The number of fused-ring (bicyclic) bond motifs is 1. The van der Waals surface area contributed by atoms with Crippen LogP contribution in [0.3, 0.4) is 0 Å². The minimum atomic E-state index is -1.28. The molecule has 0 aromatic heterocycles. The lowest BCUT2D eigenvalue weighted by Crippen LogP contribution is -2.46. The molecular formula is C13H13ClO4. The second kappa shape index (κ2) is 4.28. The SMILES string of the molecule is COC(=O)C1(C)Cc2c(C)ccc(Cl)c2C(=O)O1. The van der Waals surface area contributed by atoms with Crippen LogP contribution in [-0.4, -0.2) is 24.6 Å². The molecule has 0 N–H and O–H groups in total. The summed E-state index contributed by atoms with van der Waals surface area (Å²) >= 11 is 6.00. The molecule has 5 heteroatoms. The standard InChI is InChI=1S/C13H13ClO4/c1-7-4-5-9(14)10-8(7)6-13(2,12(16)17-3)18-11(10)15/h4-5H,6H2,1-3H3. The van der Waals surface area contributed by atoms with Crippen molar-refractivity contribution in [3.05, 3.63) is 33.8 Å². The first-order chi connectivity index (χ1) is 8.39. The lowest BCUT2D eigenvalue weighted by molar-refractivity contribution is -0.161. The zero-order chi connectivity index (χ0) is 13.5. The highest BCUT2D eigenvalue weighted by Gasteiger charge is 2.44. The number of aryl methyl sites for hydroxylation is 1. The molecule has 1 unspecified atom stereocenters. The molecule has 1 aliphatic heterocycles. The number of carbonyl (C=O) groups is 2. The summed E-state index contributed by atoms with van der Waals surface area (Å²) in [5.74, 6) is -1.15. The summed E-state index contributed by atoms with van der Waals surface area (Å²) in [4.78, 5) is 23.7. The number of halogens is 1. The van der Waals surface area contributed by atoms with Crippen LogP contribution in [0, 0.1) is 6.92 Å². The van der Waals surface area contributed by atoms with Crippen LogP contribution in [0.15, 0.2) is 12.1 Å². The average molecular weight is 269 g/mol. The van der Waals surface area contributed by atoms with E-state index in [1.807, 2.05) is 13.0 Å². The topological polar surface area (TPSA) is 52.6 Å². The van der Waals surface area contributed by atoms with Gasteiger partial charge >= 0.3 is 11.9 Å². The summed E-state index contributed by atoms with van der Waals surface area (Å²) in [6.07, 6.45) is 0.271. The molecule has 1 aromatic rings. The van der Waals surface area contributed by atoms with E-state index in [-0.39, 0.29) is 6.42 Å². The van der Waals surface area contributed by atoms with E-state index < -0.39 is 17.5 Å². The van der Waals surface area contributed by atoms with E-state index in [0.29, 0.717) is 10.6 Å². The summed E-state index contributed by atoms with van der Waals surface area (Å²) in [5, 5.41) is 0.340. The Morgan fingerprint density at radius 3 is 2.78 bits per heavy atom. The monoisotopic (exact) mass is 268 g/mol. The van der Waals surface area contributed by atoms with Crippen LogP contribution in [0.25, 0.3) is 0 Å². The van der Waals surface area contributed by atoms with Crippen LogP contribution in [0.2, 0.25) is 5.02 Å². The number of carbonyl (C=O) groups excluding carboxylic acids is 2. The molecule has 0 saturated heterocycles. The van der Waals surface area contributed by atoms with E-state index in [1.165, 1.54) is 7.11 Å². The van der Waals surface area contributed by atoms with Crippen molar-refractivity contribution < 1.29 is 19.1 Å². The van der Waals surface area contributed by atoms with Crippen molar-refractivity contribution in [1.29, 1.82) is 0 Å². The Hall–Kier alpha value is -1.55. The summed E-state index contributed by atoms with van der Waals surface area (Å²) in [6, 6.07) is 3.47. The highest BCUT2D eigenvalue weighted by atomic mass is 35.5. The molecule has 2 rings (SSSR count). The predicted octanol–water partition coefficient (Wildman–Crippen LogP) is 2.29. The molecule has 1 heterocycles. The van der Waals surface area contributed by atoms with Crippen LogP contribution in [0.5, 0.6) is 0 Å². The highest BCUT2D eigenvalue weighted by Crippen LogP contribution is 2.34. The Bertz CT molecular complexity index is 538. The van der Waals surface area contributed by atoms with Gasteiger partial charge in [-0.3, -0.25) is 0 Å². The van der Waals surface area contributed by atoms with Crippen LogP contribution in [0.4, 0.5) is 0 Å². The second-order valence-corrected chi connectivity index (χ2v) is 4.91. The van der Waals surface area contributed by atoms with Gasteiger partial charge in [-0.05, 0) is 31.0 Å². The van der Waals surface area contributed by atoms with Gasteiger partial charge in [-0.2, -0.15) is 0 Å². The molecule has 18 heavy (non-hydrogen) atoms. The molecule has 0 saturated carbocycles. The molecule has 0 amide bonds. The third kappa shape index (κ3) is 1.86. The molecule has 4 nitrogen and oxygen atoms in total.